The molecule has 3 atom stereocenters. The summed E-state index contributed by atoms with van der Waals surface area (Å²) in [5.74, 6) is -1.65. The van der Waals surface area contributed by atoms with E-state index >= 15 is 0 Å². The highest BCUT2D eigenvalue weighted by atomic mass is 32.2. The van der Waals surface area contributed by atoms with Crippen LogP contribution < -0.4 is 0 Å². The van der Waals surface area contributed by atoms with Crippen LogP contribution in [0.1, 0.15) is 6.92 Å². The lowest BCUT2D eigenvalue weighted by Crippen LogP contribution is -2.15. The number of rotatable bonds is 0. The molecule has 0 bridgehead atoms. The third-order valence-corrected chi connectivity index (χ3v) is 3.62. The summed E-state index contributed by atoms with van der Waals surface area (Å²) in [6.07, 6.45) is -1.53. The normalized spacial score (nSPS) is 45.7. The van der Waals surface area contributed by atoms with Gasteiger partial charge < -0.3 is 0 Å². The highest BCUT2D eigenvalue weighted by Gasteiger charge is 2.45. The first-order valence-corrected chi connectivity index (χ1v) is 4.66. The van der Waals surface area contributed by atoms with Crippen LogP contribution in [0.25, 0.3) is 0 Å². The molecule has 0 saturated carbocycles. The Balaban J connectivity index is 2.93. The smallest absolute Gasteiger partial charge is 0.206 e. The summed E-state index contributed by atoms with van der Waals surface area (Å²) >= 11 is 0. The van der Waals surface area contributed by atoms with Gasteiger partial charge >= 0.3 is 0 Å². The molecule has 10 heavy (non-hydrogen) atoms. The topological polar surface area (TPSA) is 34.1 Å². The average Bonchev–Trinajstić information content (AvgIpc) is 1.95. The van der Waals surface area contributed by atoms with Crippen molar-refractivity contribution >= 4 is 9.84 Å². The highest BCUT2D eigenvalue weighted by molar-refractivity contribution is 7.92. The van der Waals surface area contributed by atoms with Gasteiger partial charge in [-0.25, -0.2) is 17.2 Å². The van der Waals surface area contributed by atoms with Gasteiger partial charge in [0.2, 0.25) is 5.50 Å². The van der Waals surface area contributed by atoms with Crippen LogP contribution in [0.2, 0.25) is 0 Å². The van der Waals surface area contributed by atoms with Crippen molar-refractivity contribution in [3.8, 4) is 0 Å². The number of halogens is 2. The molecule has 3 unspecified atom stereocenters. The molecule has 5 heteroatoms. The van der Waals surface area contributed by atoms with E-state index in [1.807, 2.05) is 0 Å². The minimum Gasteiger partial charge on any atom is -0.246 e. The van der Waals surface area contributed by atoms with Crippen molar-refractivity contribution in [2.45, 2.75) is 18.6 Å². The lowest BCUT2D eigenvalue weighted by Gasteiger charge is -2.03. The van der Waals surface area contributed by atoms with Crippen molar-refractivity contribution in [3.05, 3.63) is 0 Å². The molecule has 2 nitrogen and oxygen atoms in total. The lowest BCUT2D eigenvalue weighted by molar-refractivity contribution is 0.224. The van der Waals surface area contributed by atoms with Crippen LogP contribution in [0.15, 0.2) is 0 Å². The fourth-order valence-corrected chi connectivity index (χ4v) is 2.71. The summed E-state index contributed by atoms with van der Waals surface area (Å²) in [6, 6.07) is 0. The zero-order chi connectivity index (χ0) is 7.94. The molecule has 60 valence electrons. The third kappa shape index (κ3) is 1.02. The molecule has 0 aromatic carbocycles. The minimum atomic E-state index is -3.77. The maximum absolute atomic E-state index is 12.5. The fourth-order valence-electron chi connectivity index (χ4n) is 0.957. The van der Waals surface area contributed by atoms with Crippen LogP contribution in [-0.4, -0.2) is 25.8 Å². The van der Waals surface area contributed by atoms with E-state index in [0.29, 0.717) is 0 Å². The molecular weight excluding hydrogens is 162 g/mol. The summed E-state index contributed by atoms with van der Waals surface area (Å²) in [5.41, 5.74) is -2.00. The largest absolute Gasteiger partial charge is 0.246 e. The van der Waals surface area contributed by atoms with E-state index in [1.54, 1.807) is 0 Å². The van der Waals surface area contributed by atoms with Crippen LogP contribution in [0.4, 0.5) is 8.78 Å². The van der Waals surface area contributed by atoms with Gasteiger partial charge in [-0.1, -0.05) is 6.92 Å². The van der Waals surface area contributed by atoms with E-state index in [1.165, 1.54) is 6.92 Å². The van der Waals surface area contributed by atoms with Gasteiger partial charge in [0.05, 0.1) is 5.75 Å². The maximum atomic E-state index is 12.5. The molecule has 0 aromatic rings. The second-order valence-corrected chi connectivity index (χ2v) is 4.67. The van der Waals surface area contributed by atoms with Crippen molar-refractivity contribution < 1.29 is 17.2 Å². The minimum absolute atomic E-state index is 0.657. The zero-order valence-electron chi connectivity index (χ0n) is 5.42. The molecule has 1 rings (SSSR count). The average molecular weight is 170 g/mol. The molecule has 0 amide bonds. The monoisotopic (exact) mass is 170 g/mol. The third-order valence-electron chi connectivity index (χ3n) is 1.72. The molecule has 0 spiro atoms. The van der Waals surface area contributed by atoms with E-state index in [-0.39, 0.29) is 0 Å². The Kier molecular flexibility index (Phi) is 1.70. The SMILES string of the molecule is CC1C(F)CS(=O)(=O)C1F. The van der Waals surface area contributed by atoms with Gasteiger partial charge in [0.25, 0.3) is 0 Å². The van der Waals surface area contributed by atoms with Crippen LogP contribution in [0.3, 0.4) is 0 Å². The number of hydrogen-bond acceptors (Lipinski definition) is 2. The van der Waals surface area contributed by atoms with Crippen molar-refractivity contribution in [1.29, 1.82) is 0 Å². The van der Waals surface area contributed by atoms with Crippen LogP contribution in [0.5, 0.6) is 0 Å². The predicted octanol–water partition coefficient (Wildman–Crippen LogP) is 0.685. The second-order valence-electron chi connectivity index (χ2n) is 2.56. The quantitative estimate of drug-likeness (QED) is 0.536. The Bertz CT molecular complexity index is 224. The van der Waals surface area contributed by atoms with Crippen LogP contribution in [-0.2, 0) is 9.84 Å². The first kappa shape index (κ1) is 7.91. The molecule has 1 aliphatic heterocycles. The maximum Gasteiger partial charge on any atom is 0.206 e. The summed E-state index contributed by atoms with van der Waals surface area (Å²) in [7, 11) is -3.77. The number of sulfone groups is 1. The summed E-state index contributed by atoms with van der Waals surface area (Å²) < 4.78 is 46.1. The van der Waals surface area contributed by atoms with Gasteiger partial charge in [0, 0.05) is 5.92 Å². The number of hydrogen-bond donors (Lipinski definition) is 0. The zero-order valence-corrected chi connectivity index (χ0v) is 6.24. The summed E-state index contributed by atoms with van der Waals surface area (Å²) in [6.45, 7) is 1.26. The van der Waals surface area contributed by atoms with Crippen LogP contribution >= 0.6 is 0 Å². The summed E-state index contributed by atoms with van der Waals surface area (Å²) in [4.78, 5) is 0. The van der Waals surface area contributed by atoms with E-state index in [0.717, 1.165) is 0 Å². The lowest BCUT2D eigenvalue weighted by atomic mass is 10.1. The molecule has 0 radical (unpaired) electrons. The molecular formula is C5H8F2O2S. The predicted molar refractivity (Wildman–Crippen MR) is 32.7 cm³/mol. The Hall–Kier alpha value is -0.190. The Morgan fingerprint density at radius 1 is 1.40 bits per heavy atom. The van der Waals surface area contributed by atoms with Gasteiger partial charge in [-0.3, -0.25) is 0 Å². The van der Waals surface area contributed by atoms with Gasteiger partial charge in [0.1, 0.15) is 6.17 Å². The van der Waals surface area contributed by atoms with Crippen molar-refractivity contribution in [2.75, 3.05) is 5.75 Å². The molecule has 0 aromatic heterocycles. The van der Waals surface area contributed by atoms with E-state index in [4.69, 9.17) is 0 Å². The van der Waals surface area contributed by atoms with Crippen LogP contribution in [0, 0.1) is 5.92 Å². The molecule has 1 heterocycles. The van der Waals surface area contributed by atoms with Gasteiger partial charge in [0.15, 0.2) is 9.84 Å². The van der Waals surface area contributed by atoms with Crippen molar-refractivity contribution in [1.82, 2.24) is 0 Å². The van der Waals surface area contributed by atoms with Gasteiger partial charge in [-0.15, -0.1) is 0 Å². The van der Waals surface area contributed by atoms with E-state index < -0.39 is 33.2 Å². The second kappa shape index (κ2) is 2.15. The fraction of sp³-hybridized carbons (Fsp3) is 1.00. The van der Waals surface area contributed by atoms with Gasteiger partial charge in [-0.05, 0) is 0 Å². The molecule has 1 aliphatic rings. The Morgan fingerprint density at radius 2 is 1.90 bits per heavy atom. The highest BCUT2D eigenvalue weighted by Crippen LogP contribution is 2.29. The first-order chi connectivity index (χ1) is 4.45. The van der Waals surface area contributed by atoms with Crippen molar-refractivity contribution in [2.24, 2.45) is 5.92 Å². The molecule has 1 fully saturated rings. The Labute approximate surface area is 58.1 Å². The first-order valence-electron chi connectivity index (χ1n) is 2.95. The molecule has 0 aliphatic carbocycles. The van der Waals surface area contributed by atoms with E-state index in [9.17, 15) is 17.2 Å². The van der Waals surface area contributed by atoms with E-state index in [2.05, 4.69) is 0 Å². The standard InChI is InChI=1S/C5H8F2O2S/c1-3-4(6)2-10(8,9)5(3)7/h3-5H,2H2,1H3. The molecule has 0 N–H and O–H groups in total. The van der Waals surface area contributed by atoms with Crippen molar-refractivity contribution in [3.63, 3.8) is 0 Å². The van der Waals surface area contributed by atoms with Gasteiger partial charge in [-0.2, -0.15) is 0 Å². The Morgan fingerprint density at radius 3 is 2.00 bits per heavy atom. The summed E-state index contributed by atoms with van der Waals surface area (Å²) in [5, 5.41) is 0. The molecule has 1 saturated heterocycles. The number of alkyl halides is 2.